The monoisotopic (exact) mass is 434 g/mol. The Morgan fingerprint density at radius 3 is 2.45 bits per heavy atom. The standard InChI is InChI=1S/C22H27ClN2O3S/c1-15(2)14-18(24-21(26)19-8-9-20(23)29-19)16-10-12-25(13-11-16)22(27)28-17-6-4-3-5-7-17/h3-9,15-16,18H,10-14H2,1-2H3,(H,24,26)/t18-/m1/s1. The fourth-order valence-electron chi connectivity index (χ4n) is 3.69. The van der Waals surface area contributed by atoms with Crippen LogP contribution in [-0.2, 0) is 0 Å². The predicted octanol–water partition coefficient (Wildman–Crippen LogP) is 5.46. The Morgan fingerprint density at radius 2 is 1.86 bits per heavy atom. The molecule has 1 aliphatic rings. The number of ether oxygens (including phenoxy) is 1. The molecule has 5 nitrogen and oxygen atoms in total. The minimum Gasteiger partial charge on any atom is -0.410 e. The quantitative estimate of drug-likeness (QED) is 0.656. The van der Waals surface area contributed by atoms with Crippen molar-refractivity contribution in [3.8, 4) is 5.75 Å². The molecule has 1 N–H and O–H groups in total. The van der Waals surface area contributed by atoms with Crippen LogP contribution in [0.25, 0.3) is 0 Å². The number of para-hydroxylation sites is 1. The molecule has 1 atom stereocenters. The number of thiophene rings is 1. The van der Waals surface area contributed by atoms with E-state index in [4.69, 9.17) is 16.3 Å². The summed E-state index contributed by atoms with van der Waals surface area (Å²) in [5.41, 5.74) is 0. The van der Waals surface area contributed by atoms with Gasteiger partial charge in [0.2, 0.25) is 0 Å². The maximum atomic E-state index is 12.6. The van der Waals surface area contributed by atoms with Crippen LogP contribution in [-0.4, -0.2) is 36.0 Å². The van der Waals surface area contributed by atoms with Crippen molar-refractivity contribution in [2.75, 3.05) is 13.1 Å². The van der Waals surface area contributed by atoms with Crippen LogP contribution < -0.4 is 10.1 Å². The molecule has 1 aliphatic heterocycles. The highest BCUT2D eigenvalue weighted by atomic mass is 35.5. The molecule has 0 aliphatic carbocycles. The van der Waals surface area contributed by atoms with Crippen LogP contribution in [0, 0.1) is 11.8 Å². The fourth-order valence-corrected chi connectivity index (χ4v) is 4.64. The smallest absolute Gasteiger partial charge is 0.410 e. The van der Waals surface area contributed by atoms with E-state index in [1.807, 2.05) is 18.2 Å². The van der Waals surface area contributed by atoms with Crippen LogP contribution in [0.2, 0.25) is 4.34 Å². The minimum atomic E-state index is -0.313. The van der Waals surface area contributed by atoms with Gasteiger partial charge in [0.1, 0.15) is 5.75 Å². The molecule has 2 amide bonds. The van der Waals surface area contributed by atoms with Crippen LogP contribution in [0.5, 0.6) is 5.75 Å². The van der Waals surface area contributed by atoms with Crippen molar-refractivity contribution in [1.82, 2.24) is 10.2 Å². The molecule has 2 aromatic rings. The summed E-state index contributed by atoms with van der Waals surface area (Å²) in [6.07, 6.45) is 2.27. The molecular weight excluding hydrogens is 408 g/mol. The predicted molar refractivity (Wildman–Crippen MR) is 117 cm³/mol. The van der Waals surface area contributed by atoms with Crippen LogP contribution in [0.1, 0.15) is 42.8 Å². The number of nitrogens with one attached hydrogen (secondary N) is 1. The number of carbonyl (C=O) groups excluding carboxylic acids is 2. The molecule has 1 saturated heterocycles. The van der Waals surface area contributed by atoms with E-state index in [1.165, 1.54) is 11.3 Å². The van der Waals surface area contributed by atoms with Gasteiger partial charge in [0.25, 0.3) is 5.91 Å². The van der Waals surface area contributed by atoms with Gasteiger partial charge in [0, 0.05) is 19.1 Å². The number of benzene rings is 1. The molecule has 1 fully saturated rings. The SMILES string of the molecule is CC(C)C[C@@H](NC(=O)c1ccc(Cl)s1)C1CCN(C(=O)Oc2ccccc2)CC1. The first-order chi connectivity index (χ1) is 13.9. The van der Waals surface area contributed by atoms with Gasteiger partial charge in [0.05, 0.1) is 9.21 Å². The minimum absolute atomic E-state index is 0.0709. The van der Waals surface area contributed by atoms with E-state index in [0.717, 1.165) is 19.3 Å². The van der Waals surface area contributed by atoms with Crippen molar-refractivity contribution >= 4 is 34.9 Å². The van der Waals surface area contributed by atoms with Gasteiger partial charge >= 0.3 is 6.09 Å². The molecule has 0 unspecified atom stereocenters. The van der Waals surface area contributed by atoms with Crippen LogP contribution in [0.15, 0.2) is 42.5 Å². The molecule has 0 radical (unpaired) electrons. The topological polar surface area (TPSA) is 58.6 Å². The zero-order valence-electron chi connectivity index (χ0n) is 16.8. The number of amides is 2. The molecule has 3 rings (SSSR count). The maximum Gasteiger partial charge on any atom is 0.415 e. The fraction of sp³-hybridized carbons (Fsp3) is 0.455. The zero-order chi connectivity index (χ0) is 20.8. The molecule has 1 aromatic heterocycles. The van der Waals surface area contributed by atoms with E-state index in [0.29, 0.717) is 39.9 Å². The largest absolute Gasteiger partial charge is 0.415 e. The van der Waals surface area contributed by atoms with Crippen molar-refractivity contribution in [3.05, 3.63) is 51.7 Å². The Labute approximate surface area is 181 Å². The first-order valence-corrected chi connectivity index (χ1v) is 11.2. The van der Waals surface area contributed by atoms with E-state index in [-0.39, 0.29) is 18.0 Å². The van der Waals surface area contributed by atoms with E-state index >= 15 is 0 Å². The van der Waals surface area contributed by atoms with Gasteiger partial charge in [-0.1, -0.05) is 43.6 Å². The highest BCUT2D eigenvalue weighted by molar-refractivity contribution is 7.18. The van der Waals surface area contributed by atoms with Gasteiger partial charge in [-0.25, -0.2) is 4.79 Å². The van der Waals surface area contributed by atoms with E-state index < -0.39 is 0 Å². The molecule has 0 spiro atoms. The summed E-state index contributed by atoms with van der Waals surface area (Å²) in [4.78, 5) is 27.4. The number of carbonyl (C=O) groups is 2. The number of nitrogens with zero attached hydrogens (tertiary/aromatic N) is 1. The second kappa shape index (κ2) is 10.1. The number of rotatable bonds is 6. The van der Waals surface area contributed by atoms with Gasteiger partial charge in [-0.2, -0.15) is 0 Å². The number of halogens is 1. The van der Waals surface area contributed by atoms with Crippen molar-refractivity contribution in [2.24, 2.45) is 11.8 Å². The Bertz CT molecular complexity index is 816. The summed E-state index contributed by atoms with van der Waals surface area (Å²) in [7, 11) is 0. The van der Waals surface area contributed by atoms with Crippen molar-refractivity contribution in [3.63, 3.8) is 0 Å². The van der Waals surface area contributed by atoms with Crippen molar-refractivity contribution in [2.45, 2.75) is 39.2 Å². The van der Waals surface area contributed by atoms with E-state index in [2.05, 4.69) is 19.2 Å². The Hall–Kier alpha value is -2.05. The van der Waals surface area contributed by atoms with Crippen molar-refractivity contribution in [1.29, 1.82) is 0 Å². The molecule has 0 saturated carbocycles. The van der Waals surface area contributed by atoms with Crippen LogP contribution in [0.4, 0.5) is 4.79 Å². The highest BCUT2D eigenvalue weighted by Crippen LogP contribution is 2.27. The summed E-state index contributed by atoms with van der Waals surface area (Å²) in [6.45, 7) is 5.58. The number of hydrogen-bond acceptors (Lipinski definition) is 4. The van der Waals surface area contributed by atoms with Crippen molar-refractivity contribution < 1.29 is 14.3 Å². The second-order valence-electron chi connectivity index (χ2n) is 7.82. The molecule has 1 aromatic carbocycles. The first-order valence-electron chi connectivity index (χ1n) is 10.0. The average molecular weight is 435 g/mol. The molecule has 0 bridgehead atoms. The summed E-state index contributed by atoms with van der Waals surface area (Å²) < 4.78 is 6.06. The lowest BCUT2D eigenvalue weighted by molar-refractivity contribution is 0.0875. The van der Waals surface area contributed by atoms with Gasteiger partial charge in [-0.15, -0.1) is 11.3 Å². The third kappa shape index (κ3) is 6.21. The number of hydrogen-bond donors (Lipinski definition) is 1. The Morgan fingerprint density at radius 1 is 1.17 bits per heavy atom. The zero-order valence-corrected chi connectivity index (χ0v) is 18.3. The first kappa shape index (κ1) is 21.7. The van der Waals surface area contributed by atoms with Crippen LogP contribution >= 0.6 is 22.9 Å². The molecule has 7 heteroatoms. The van der Waals surface area contributed by atoms with Crippen LogP contribution in [0.3, 0.4) is 0 Å². The van der Waals surface area contributed by atoms with E-state index in [9.17, 15) is 9.59 Å². The maximum absolute atomic E-state index is 12.6. The summed E-state index contributed by atoms with van der Waals surface area (Å²) >= 11 is 7.26. The van der Waals surface area contributed by atoms with Gasteiger partial charge < -0.3 is 15.0 Å². The Kier molecular flexibility index (Phi) is 7.56. The lowest BCUT2D eigenvalue weighted by Crippen LogP contribution is -2.47. The summed E-state index contributed by atoms with van der Waals surface area (Å²) in [6, 6.07) is 12.7. The molecular formula is C22H27ClN2O3S. The molecule has 29 heavy (non-hydrogen) atoms. The average Bonchev–Trinajstić information content (AvgIpc) is 3.14. The lowest BCUT2D eigenvalue weighted by atomic mass is 9.85. The molecule has 156 valence electrons. The van der Waals surface area contributed by atoms with Gasteiger partial charge in [-0.05, 0) is 55.4 Å². The molecule has 2 heterocycles. The summed E-state index contributed by atoms with van der Waals surface area (Å²) in [5, 5.41) is 3.21. The third-order valence-corrected chi connectivity index (χ3v) is 6.38. The lowest BCUT2D eigenvalue weighted by Gasteiger charge is -2.36. The Balaban J connectivity index is 1.56. The van der Waals surface area contributed by atoms with Gasteiger partial charge in [0.15, 0.2) is 0 Å². The van der Waals surface area contributed by atoms with Gasteiger partial charge in [-0.3, -0.25) is 4.79 Å². The number of piperidine rings is 1. The number of likely N-dealkylation sites (tertiary alicyclic amines) is 1. The normalized spacial score (nSPS) is 15.9. The van der Waals surface area contributed by atoms with E-state index in [1.54, 1.807) is 29.2 Å². The summed E-state index contributed by atoms with van der Waals surface area (Å²) in [5.74, 6) is 1.28. The highest BCUT2D eigenvalue weighted by Gasteiger charge is 2.31. The third-order valence-electron chi connectivity index (χ3n) is 5.15. The second-order valence-corrected chi connectivity index (χ2v) is 9.53.